The van der Waals surface area contributed by atoms with Crippen molar-refractivity contribution in [2.45, 2.75) is 13.3 Å². The van der Waals surface area contributed by atoms with Crippen LogP contribution in [-0.4, -0.2) is 19.0 Å². The number of benzene rings is 2. The summed E-state index contributed by atoms with van der Waals surface area (Å²) < 4.78 is 10.6. The first kappa shape index (κ1) is 16.3. The summed E-state index contributed by atoms with van der Waals surface area (Å²) in [6, 6.07) is 12.9. The van der Waals surface area contributed by atoms with Crippen LogP contribution in [0.25, 0.3) is 6.08 Å². The maximum absolute atomic E-state index is 12.1. The van der Waals surface area contributed by atoms with Gasteiger partial charge < -0.3 is 9.47 Å². The lowest BCUT2D eigenvalue weighted by atomic mass is 10.1. The predicted octanol–water partition coefficient (Wildman–Crippen LogP) is 4.26. The van der Waals surface area contributed by atoms with Crippen molar-refractivity contribution in [1.29, 1.82) is 0 Å². The molecule has 2 aromatic carbocycles. The van der Waals surface area contributed by atoms with Gasteiger partial charge in [0, 0.05) is 16.1 Å². The lowest BCUT2D eigenvalue weighted by molar-refractivity contribution is -0.129. The largest absolute Gasteiger partial charge is 0.496 e. The monoisotopic (exact) mass is 341 g/mol. The van der Waals surface area contributed by atoms with Crippen molar-refractivity contribution in [1.82, 2.24) is 0 Å². The Morgan fingerprint density at radius 1 is 1.25 bits per heavy atom. The Labute approximate surface area is 145 Å². The first-order valence-corrected chi connectivity index (χ1v) is 7.94. The van der Waals surface area contributed by atoms with E-state index >= 15 is 0 Å². The number of ether oxygens (including phenoxy) is 2. The Morgan fingerprint density at radius 2 is 2.08 bits per heavy atom. The van der Waals surface area contributed by atoms with E-state index in [0.29, 0.717) is 16.3 Å². The van der Waals surface area contributed by atoms with Gasteiger partial charge in [-0.25, -0.2) is 9.79 Å². The van der Waals surface area contributed by atoms with Crippen LogP contribution in [0.5, 0.6) is 5.75 Å². The van der Waals surface area contributed by atoms with E-state index in [0.717, 1.165) is 17.5 Å². The minimum atomic E-state index is -0.492. The number of halogens is 1. The van der Waals surface area contributed by atoms with E-state index in [1.807, 2.05) is 18.2 Å². The van der Waals surface area contributed by atoms with E-state index in [2.05, 4.69) is 11.9 Å². The highest BCUT2D eigenvalue weighted by Crippen LogP contribution is 2.26. The molecule has 1 heterocycles. The van der Waals surface area contributed by atoms with Gasteiger partial charge in [-0.2, -0.15) is 0 Å². The van der Waals surface area contributed by atoms with E-state index < -0.39 is 5.97 Å². The summed E-state index contributed by atoms with van der Waals surface area (Å²) in [4.78, 5) is 16.4. The number of aryl methyl sites for hydroxylation is 1. The molecular weight excluding hydrogens is 326 g/mol. The van der Waals surface area contributed by atoms with Crippen molar-refractivity contribution in [3.05, 3.63) is 69.9 Å². The van der Waals surface area contributed by atoms with E-state index in [9.17, 15) is 4.79 Å². The van der Waals surface area contributed by atoms with Gasteiger partial charge in [0.05, 0.1) is 7.11 Å². The number of carbonyl (C=O) groups is 1. The van der Waals surface area contributed by atoms with E-state index in [1.165, 1.54) is 0 Å². The van der Waals surface area contributed by atoms with Crippen LogP contribution in [-0.2, 0) is 16.0 Å². The fourth-order valence-corrected chi connectivity index (χ4v) is 2.61. The third kappa shape index (κ3) is 3.34. The Bertz CT molecular complexity index is 855. The van der Waals surface area contributed by atoms with Crippen LogP contribution in [0.3, 0.4) is 0 Å². The molecule has 5 heteroatoms. The molecule has 2 aromatic rings. The van der Waals surface area contributed by atoms with E-state index in [1.54, 1.807) is 37.5 Å². The Kier molecular flexibility index (Phi) is 4.67. The number of esters is 1. The van der Waals surface area contributed by atoms with Crippen molar-refractivity contribution in [2.24, 2.45) is 4.99 Å². The maximum Gasteiger partial charge on any atom is 0.363 e. The normalized spacial score (nSPS) is 15.4. The topological polar surface area (TPSA) is 47.9 Å². The second-order valence-corrected chi connectivity index (χ2v) is 5.71. The molecule has 0 saturated heterocycles. The van der Waals surface area contributed by atoms with Gasteiger partial charge in [0.25, 0.3) is 0 Å². The molecule has 24 heavy (non-hydrogen) atoms. The van der Waals surface area contributed by atoms with Gasteiger partial charge >= 0.3 is 5.97 Å². The lowest BCUT2D eigenvalue weighted by Gasteiger charge is -2.06. The molecule has 0 saturated carbocycles. The smallest absolute Gasteiger partial charge is 0.363 e. The number of aliphatic imine (C=N–C) groups is 1. The molecule has 0 bridgehead atoms. The van der Waals surface area contributed by atoms with Crippen molar-refractivity contribution >= 4 is 29.5 Å². The summed E-state index contributed by atoms with van der Waals surface area (Å²) in [5, 5.41) is 0.556. The average Bonchev–Trinajstić information content (AvgIpc) is 2.95. The summed E-state index contributed by atoms with van der Waals surface area (Å²) in [6.45, 7) is 2.07. The summed E-state index contributed by atoms with van der Waals surface area (Å²) in [6.07, 6.45) is 2.57. The Morgan fingerprint density at radius 3 is 2.79 bits per heavy atom. The summed E-state index contributed by atoms with van der Waals surface area (Å²) >= 11 is 5.97. The molecule has 0 fully saturated rings. The second-order valence-electron chi connectivity index (χ2n) is 5.28. The second kappa shape index (κ2) is 6.89. The number of hydrogen-bond donors (Lipinski definition) is 0. The quantitative estimate of drug-likeness (QED) is 0.616. The highest BCUT2D eigenvalue weighted by molar-refractivity contribution is 6.31. The number of carbonyl (C=O) groups excluding carboxylic acids is 1. The molecule has 0 N–H and O–H groups in total. The summed E-state index contributed by atoms with van der Waals surface area (Å²) in [5.74, 6) is 0.437. The van der Waals surface area contributed by atoms with Crippen LogP contribution in [0.4, 0.5) is 0 Å². The van der Waals surface area contributed by atoms with Gasteiger partial charge in [0.1, 0.15) is 5.75 Å². The van der Waals surface area contributed by atoms with Crippen molar-refractivity contribution < 1.29 is 14.3 Å². The Balaban J connectivity index is 2.00. The Hall–Kier alpha value is -2.59. The third-order valence-electron chi connectivity index (χ3n) is 3.69. The molecular formula is C19H16ClNO3. The molecule has 0 amide bonds. The van der Waals surface area contributed by atoms with Crippen LogP contribution < -0.4 is 4.74 Å². The first-order chi connectivity index (χ1) is 11.6. The molecule has 1 aliphatic heterocycles. The minimum Gasteiger partial charge on any atom is -0.496 e. The van der Waals surface area contributed by atoms with Crippen molar-refractivity contribution in [3.63, 3.8) is 0 Å². The molecule has 3 rings (SSSR count). The van der Waals surface area contributed by atoms with E-state index in [-0.39, 0.29) is 11.6 Å². The fraction of sp³-hybridized carbons (Fsp3) is 0.158. The van der Waals surface area contributed by atoms with Gasteiger partial charge in [-0.1, -0.05) is 30.7 Å². The molecule has 4 nitrogen and oxygen atoms in total. The first-order valence-electron chi connectivity index (χ1n) is 7.56. The van der Waals surface area contributed by atoms with Gasteiger partial charge in [0.15, 0.2) is 5.70 Å². The molecule has 0 spiro atoms. The highest BCUT2D eigenvalue weighted by Gasteiger charge is 2.24. The van der Waals surface area contributed by atoms with Crippen LogP contribution >= 0.6 is 11.6 Å². The third-order valence-corrected chi connectivity index (χ3v) is 3.92. The number of methoxy groups -OCH3 is 1. The van der Waals surface area contributed by atoms with Crippen LogP contribution in [0.2, 0.25) is 5.02 Å². The van der Waals surface area contributed by atoms with Crippen LogP contribution in [0.1, 0.15) is 23.6 Å². The van der Waals surface area contributed by atoms with Gasteiger partial charge in [-0.15, -0.1) is 0 Å². The standard InChI is InChI=1S/C19H16ClNO3/c1-3-12-7-8-17(23-2)14(9-12)11-16-19(22)24-18(21-16)13-5-4-6-15(20)10-13/h4-11H,3H2,1-2H3/b16-11+. The molecule has 0 unspecified atom stereocenters. The zero-order chi connectivity index (χ0) is 17.1. The summed E-state index contributed by atoms with van der Waals surface area (Å²) in [5.41, 5.74) is 2.83. The maximum atomic E-state index is 12.1. The van der Waals surface area contributed by atoms with Crippen LogP contribution in [0.15, 0.2) is 53.2 Å². The molecule has 0 atom stereocenters. The van der Waals surface area contributed by atoms with Crippen molar-refractivity contribution in [2.75, 3.05) is 7.11 Å². The molecule has 0 aliphatic carbocycles. The lowest BCUT2D eigenvalue weighted by Crippen LogP contribution is -2.05. The zero-order valence-electron chi connectivity index (χ0n) is 13.4. The zero-order valence-corrected chi connectivity index (χ0v) is 14.1. The number of nitrogens with zero attached hydrogens (tertiary/aromatic N) is 1. The predicted molar refractivity (Wildman–Crippen MR) is 94.4 cm³/mol. The van der Waals surface area contributed by atoms with Gasteiger partial charge in [-0.05, 0) is 48.4 Å². The van der Waals surface area contributed by atoms with Gasteiger partial charge in [-0.3, -0.25) is 0 Å². The van der Waals surface area contributed by atoms with Gasteiger partial charge in [0.2, 0.25) is 5.90 Å². The molecule has 1 aliphatic rings. The van der Waals surface area contributed by atoms with Crippen LogP contribution in [0, 0.1) is 0 Å². The van der Waals surface area contributed by atoms with Crippen molar-refractivity contribution in [3.8, 4) is 5.75 Å². The minimum absolute atomic E-state index is 0.233. The fourth-order valence-electron chi connectivity index (χ4n) is 2.42. The molecule has 122 valence electrons. The average molecular weight is 342 g/mol. The molecule has 0 aromatic heterocycles. The number of cyclic esters (lactones) is 1. The SMILES string of the molecule is CCc1ccc(OC)c(/C=C2/N=C(c3cccc(Cl)c3)OC2=O)c1. The summed E-state index contributed by atoms with van der Waals surface area (Å²) in [7, 11) is 1.59. The highest BCUT2D eigenvalue weighted by atomic mass is 35.5. The van der Waals surface area contributed by atoms with E-state index in [4.69, 9.17) is 21.1 Å². The number of hydrogen-bond acceptors (Lipinski definition) is 4. The number of rotatable bonds is 4. The molecule has 0 radical (unpaired) electrons.